The number of piperidine rings is 1. The highest BCUT2D eigenvalue weighted by Gasteiger charge is 2.48. The minimum absolute atomic E-state index is 0.0107. The van der Waals surface area contributed by atoms with Crippen LogP contribution in [0.3, 0.4) is 0 Å². The zero-order valence-corrected chi connectivity index (χ0v) is 15.3. The van der Waals surface area contributed by atoms with Gasteiger partial charge in [-0.05, 0) is 37.9 Å². The first kappa shape index (κ1) is 19.6. The summed E-state index contributed by atoms with van der Waals surface area (Å²) in [5.74, 6) is -1.68. The van der Waals surface area contributed by atoms with Crippen molar-refractivity contribution in [1.82, 2.24) is 15.3 Å². The van der Waals surface area contributed by atoms with E-state index < -0.39 is 29.0 Å². The molecule has 1 spiro atoms. The molecule has 0 saturated carbocycles. The molecule has 2 fully saturated rings. The van der Waals surface area contributed by atoms with Gasteiger partial charge < -0.3 is 10.1 Å². The molecule has 4 rings (SSSR count). The maximum Gasteiger partial charge on any atom is 0.433 e. The Morgan fingerprint density at radius 2 is 2.00 bits per heavy atom. The molecule has 1 unspecified atom stereocenters. The second-order valence-corrected chi connectivity index (χ2v) is 7.22. The van der Waals surface area contributed by atoms with Crippen LogP contribution < -0.4 is 15.0 Å². The molecular formula is C19H18F4N4O2. The quantitative estimate of drug-likeness (QED) is 0.785. The lowest BCUT2D eigenvalue weighted by Gasteiger charge is -2.31. The summed E-state index contributed by atoms with van der Waals surface area (Å²) in [6, 6.07) is 5.59. The van der Waals surface area contributed by atoms with Crippen molar-refractivity contribution in [2.45, 2.75) is 25.4 Å². The Bertz CT molecular complexity index is 929. The monoisotopic (exact) mass is 410 g/mol. The van der Waals surface area contributed by atoms with E-state index in [1.54, 1.807) is 0 Å². The van der Waals surface area contributed by atoms with Crippen LogP contribution in [0.5, 0.6) is 11.6 Å². The number of hydrogen-bond donors (Lipinski definition) is 1. The number of amides is 1. The first-order valence-electron chi connectivity index (χ1n) is 9.19. The molecule has 10 heteroatoms. The smallest absolute Gasteiger partial charge is 0.433 e. The third-order valence-electron chi connectivity index (χ3n) is 5.23. The van der Waals surface area contributed by atoms with Crippen LogP contribution in [0.4, 0.5) is 23.5 Å². The molecule has 1 atom stereocenters. The van der Waals surface area contributed by atoms with Gasteiger partial charge in [0.1, 0.15) is 11.6 Å². The van der Waals surface area contributed by atoms with E-state index in [1.165, 1.54) is 23.1 Å². The Labute approximate surface area is 163 Å². The molecule has 2 aromatic rings. The minimum atomic E-state index is -4.76. The van der Waals surface area contributed by atoms with Crippen LogP contribution in [0.15, 0.2) is 30.3 Å². The lowest BCUT2D eigenvalue weighted by molar-refractivity contribution is -0.141. The van der Waals surface area contributed by atoms with Gasteiger partial charge in [0.25, 0.3) is 0 Å². The van der Waals surface area contributed by atoms with Crippen molar-refractivity contribution in [3.63, 3.8) is 0 Å². The van der Waals surface area contributed by atoms with Crippen molar-refractivity contribution in [1.29, 1.82) is 0 Å². The van der Waals surface area contributed by atoms with Crippen molar-refractivity contribution >= 4 is 11.9 Å². The highest BCUT2D eigenvalue weighted by atomic mass is 19.4. The largest absolute Gasteiger partial charge is 0.439 e. The van der Waals surface area contributed by atoms with Crippen LogP contribution in [0.2, 0.25) is 0 Å². The zero-order valence-electron chi connectivity index (χ0n) is 15.3. The van der Waals surface area contributed by atoms with Crippen LogP contribution in [-0.4, -0.2) is 35.5 Å². The average molecular weight is 410 g/mol. The first-order chi connectivity index (χ1) is 13.8. The predicted molar refractivity (Wildman–Crippen MR) is 95.0 cm³/mol. The molecule has 1 amide bonds. The first-order valence-corrected chi connectivity index (χ1v) is 9.19. The number of nitrogens with one attached hydrogen (secondary N) is 1. The molecule has 1 aromatic carbocycles. The fraction of sp³-hybridized carbons (Fsp3) is 0.421. The number of carbonyl (C=O) groups excluding carboxylic acids is 1. The van der Waals surface area contributed by atoms with E-state index >= 15 is 0 Å². The third-order valence-corrected chi connectivity index (χ3v) is 5.23. The maximum atomic E-state index is 13.4. The van der Waals surface area contributed by atoms with Gasteiger partial charge in [0.2, 0.25) is 17.7 Å². The molecule has 1 aromatic heterocycles. The Balaban J connectivity index is 1.68. The number of halogens is 4. The van der Waals surface area contributed by atoms with Gasteiger partial charge in [0, 0.05) is 25.2 Å². The molecule has 2 saturated heterocycles. The Hall–Kier alpha value is -2.75. The number of alkyl halides is 3. The number of anilines is 1. The summed E-state index contributed by atoms with van der Waals surface area (Å²) < 4.78 is 58.8. The SMILES string of the molecule is O=C1N(c2nc(Oc3cccc(F)c3)cc(C(F)(F)F)n2)CCC12CCCNC2. The van der Waals surface area contributed by atoms with Crippen LogP contribution >= 0.6 is 0 Å². The summed E-state index contributed by atoms with van der Waals surface area (Å²) in [6.07, 6.45) is -2.76. The van der Waals surface area contributed by atoms with E-state index in [2.05, 4.69) is 15.3 Å². The molecule has 29 heavy (non-hydrogen) atoms. The van der Waals surface area contributed by atoms with E-state index in [-0.39, 0.29) is 24.1 Å². The minimum Gasteiger partial charge on any atom is -0.439 e. The van der Waals surface area contributed by atoms with Crippen molar-refractivity contribution in [3.8, 4) is 11.6 Å². The van der Waals surface area contributed by atoms with E-state index in [9.17, 15) is 22.4 Å². The van der Waals surface area contributed by atoms with Crippen LogP contribution in [0, 0.1) is 11.2 Å². The molecule has 6 nitrogen and oxygen atoms in total. The Morgan fingerprint density at radius 1 is 1.17 bits per heavy atom. The lowest BCUT2D eigenvalue weighted by Crippen LogP contribution is -2.46. The van der Waals surface area contributed by atoms with Crippen molar-refractivity contribution in [2.75, 3.05) is 24.5 Å². The second-order valence-electron chi connectivity index (χ2n) is 7.22. The number of ether oxygens (including phenoxy) is 1. The Kier molecular flexibility index (Phi) is 4.89. The molecule has 2 aliphatic rings. The van der Waals surface area contributed by atoms with Gasteiger partial charge in [0.15, 0.2) is 5.69 Å². The molecule has 0 bridgehead atoms. The molecular weight excluding hydrogens is 392 g/mol. The maximum absolute atomic E-state index is 13.4. The van der Waals surface area contributed by atoms with Gasteiger partial charge >= 0.3 is 6.18 Å². The summed E-state index contributed by atoms with van der Waals surface area (Å²) in [5, 5.41) is 3.18. The summed E-state index contributed by atoms with van der Waals surface area (Å²) in [7, 11) is 0. The molecule has 0 aliphatic carbocycles. The lowest BCUT2D eigenvalue weighted by atomic mass is 9.79. The molecule has 0 radical (unpaired) electrons. The number of nitrogens with zero attached hydrogens (tertiary/aromatic N) is 3. The predicted octanol–water partition coefficient (Wildman–Crippen LogP) is 3.53. The van der Waals surface area contributed by atoms with E-state index in [4.69, 9.17) is 4.74 Å². The fourth-order valence-electron chi connectivity index (χ4n) is 3.76. The van der Waals surface area contributed by atoms with Gasteiger partial charge in [0.05, 0.1) is 5.41 Å². The summed E-state index contributed by atoms with van der Waals surface area (Å²) >= 11 is 0. The number of carbonyl (C=O) groups is 1. The number of benzene rings is 1. The third kappa shape index (κ3) is 3.89. The molecule has 2 aliphatic heterocycles. The number of aromatic nitrogens is 2. The van der Waals surface area contributed by atoms with Crippen LogP contribution in [0.1, 0.15) is 25.0 Å². The number of rotatable bonds is 3. The summed E-state index contributed by atoms with van der Waals surface area (Å²) in [6.45, 7) is 1.51. The molecule has 154 valence electrons. The summed E-state index contributed by atoms with van der Waals surface area (Å²) in [5.41, 5.74) is -1.87. The fourth-order valence-corrected chi connectivity index (χ4v) is 3.76. The van der Waals surface area contributed by atoms with Crippen molar-refractivity contribution in [2.24, 2.45) is 5.41 Å². The highest BCUT2D eigenvalue weighted by Crippen LogP contribution is 2.40. The molecule has 1 N–H and O–H groups in total. The zero-order chi connectivity index (χ0) is 20.6. The van der Waals surface area contributed by atoms with Crippen molar-refractivity contribution < 1.29 is 27.1 Å². The van der Waals surface area contributed by atoms with Gasteiger partial charge in [-0.15, -0.1) is 0 Å². The topological polar surface area (TPSA) is 67.4 Å². The van der Waals surface area contributed by atoms with Crippen LogP contribution in [-0.2, 0) is 11.0 Å². The summed E-state index contributed by atoms with van der Waals surface area (Å²) in [4.78, 5) is 21.8. The molecule has 3 heterocycles. The average Bonchev–Trinajstić information content (AvgIpc) is 2.97. The second kappa shape index (κ2) is 7.25. The van der Waals surface area contributed by atoms with Gasteiger partial charge in [-0.2, -0.15) is 18.2 Å². The standard InChI is InChI=1S/C19H18F4N4O2/c20-12-3-1-4-13(9-12)29-15-10-14(19(21,22)23)25-17(26-15)27-8-6-18(16(27)28)5-2-7-24-11-18/h1,3-4,9-10,24H,2,5-8,11H2. The van der Waals surface area contributed by atoms with Crippen molar-refractivity contribution in [3.05, 3.63) is 41.8 Å². The van der Waals surface area contributed by atoms with E-state index in [1.807, 2.05) is 0 Å². The number of hydrogen-bond acceptors (Lipinski definition) is 5. The van der Waals surface area contributed by atoms with Gasteiger partial charge in [-0.1, -0.05) is 6.07 Å². The van der Waals surface area contributed by atoms with Gasteiger partial charge in [-0.3, -0.25) is 9.69 Å². The highest BCUT2D eigenvalue weighted by molar-refractivity contribution is 5.98. The van der Waals surface area contributed by atoms with E-state index in [0.29, 0.717) is 25.5 Å². The van der Waals surface area contributed by atoms with Crippen LogP contribution in [0.25, 0.3) is 0 Å². The van der Waals surface area contributed by atoms with E-state index in [0.717, 1.165) is 19.0 Å². The normalized spacial score (nSPS) is 22.3. The van der Waals surface area contributed by atoms with Gasteiger partial charge in [-0.25, -0.2) is 9.37 Å². The Morgan fingerprint density at radius 3 is 2.69 bits per heavy atom.